The van der Waals surface area contributed by atoms with Crippen LogP contribution in [0.5, 0.6) is 0 Å². The molecule has 2 aromatic heterocycles. The lowest BCUT2D eigenvalue weighted by molar-refractivity contribution is 0.00348. The summed E-state index contributed by atoms with van der Waals surface area (Å²) in [6.07, 6.45) is 10.4. The number of fused-ring (bicyclic) bond motifs is 2. The lowest BCUT2D eigenvalue weighted by atomic mass is 9.78. The van der Waals surface area contributed by atoms with Crippen LogP contribution in [0.2, 0.25) is 0 Å². The lowest BCUT2D eigenvalue weighted by Gasteiger charge is -2.50. The van der Waals surface area contributed by atoms with Gasteiger partial charge < -0.3 is 10.3 Å². The highest BCUT2D eigenvalue weighted by Gasteiger charge is 2.46. The monoisotopic (exact) mass is 369 g/mol. The van der Waals surface area contributed by atoms with Crippen LogP contribution in [0.1, 0.15) is 50.1 Å². The van der Waals surface area contributed by atoms with Crippen molar-refractivity contribution in [2.45, 2.75) is 51.6 Å². The largest absolute Gasteiger partial charge is 0.355 e. The second-order valence-corrected chi connectivity index (χ2v) is 7.72. The van der Waals surface area contributed by atoms with E-state index in [1.807, 2.05) is 18.7 Å². The van der Waals surface area contributed by atoms with Crippen LogP contribution in [0.4, 0.5) is 5.95 Å². The Bertz CT molecular complexity index is 731. The molecule has 0 aliphatic carbocycles. The van der Waals surface area contributed by atoms with E-state index in [-0.39, 0.29) is 5.54 Å². The third-order valence-electron chi connectivity index (χ3n) is 6.02. The summed E-state index contributed by atoms with van der Waals surface area (Å²) in [5.74, 6) is 0.710. The summed E-state index contributed by atoms with van der Waals surface area (Å²) in [7, 11) is 0. The topological polar surface area (TPSA) is 73.0 Å². The van der Waals surface area contributed by atoms with Crippen molar-refractivity contribution >= 4 is 5.95 Å². The zero-order valence-corrected chi connectivity index (χ0v) is 16.5. The first-order valence-corrected chi connectivity index (χ1v) is 10.3. The molecule has 2 aromatic rings. The van der Waals surface area contributed by atoms with Gasteiger partial charge in [0.05, 0.1) is 17.6 Å². The minimum atomic E-state index is 0.117. The Balaban J connectivity index is 1.44. The molecule has 0 radical (unpaired) electrons. The normalized spacial score (nSPS) is 19.9. The van der Waals surface area contributed by atoms with Crippen molar-refractivity contribution in [3.05, 3.63) is 35.7 Å². The van der Waals surface area contributed by atoms with Gasteiger partial charge in [0.2, 0.25) is 5.95 Å². The maximum absolute atomic E-state index is 4.76. The number of hydrogen-bond acceptors (Lipinski definition) is 6. The molecular formula is C20H31N7. The molecule has 0 bridgehead atoms. The molecular weight excluding hydrogens is 338 g/mol. The number of piperidine rings is 1. The first kappa shape index (κ1) is 18.4. The first-order valence-electron chi connectivity index (χ1n) is 10.3. The second kappa shape index (κ2) is 7.94. The molecule has 1 spiro atoms. The average Bonchev–Trinajstić information content (AvgIpc) is 3.18. The maximum Gasteiger partial charge on any atom is 0.222 e. The summed E-state index contributed by atoms with van der Waals surface area (Å²) in [5.41, 5.74) is 3.96. The van der Waals surface area contributed by atoms with E-state index >= 15 is 0 Å². The molecule has 4 rings (SSSR count). The number of likely N-dealkylation sites (tertiary alicyclic amines) is 1. The van der Waals surface area contributed by atoms with Crippen LogP contribution in [0.3, 0.4) is 0 Å². The third kappa shape index (κ3) is 3.58. The van der Waals surface area contributed by atoms with Crippen LogP contribution in [-0.4, -0.2) is 62.5 Å². The number of nitrogens with one attached hydrogen (secondary N) is 2. The van der Waals surface area contributed by atoms with Crippen LogP contribution in [0.25, 0.3) is 0 Å². The lowest BCUT2D eigenvalue weighted by Crippen LogP contribution is -2.56. The quantitative estimate of drug-likeness (QED) is 0.815. The molecule has 7 nitrogen and oxygen atoms in total. The summed E-state index contributed by atoms with van der Waals surface area (Å²) in [6, 6.07) is 0. The van der Waals surface area contributed by atoms with Gasteiger partial charge in [-0.25, -0.2) is 15.0 Å². The highest BCUT2D eigenvalue weighted by atomic mass is 15.3. The minimum Gasteiger partial charge on any atom is -0.355 e. The molecule has 1 fully saturated rings. The Morgan fingerprint density at radius 3 is 2.59 bits per heavy atom. The van der Waals surface area contributed by atoms with Crippen LogP contribution in [0.15, 0.2) is 18.7 Å². The highest BCUT2D eigenvalue weighted by molar-refractivity contribution is 5.27. The molecule has 146 valence electrons. The van der Waals surface area contributed by atoms with Crippen molar-refractivity contribution in [1.29, 1.82) is 0 Å². The molecule has 2 N–H and O–H groups in total. The van der Waals surface area contributed by atoms with E-state index < -0.39 is 0 Å². The van der Waals surface area contributed by atoms with Gasteiger partial charge in [0.1, 0.15) is 0 Å². The molecule has 2 aliphatic rings. The van der Waals surface area contributed by atoms with Gasteiger partial charge in [0.15, 0.2) is 0 Å². The fourth-order valence-electron chi connectivity index (χ4n) is 4.70. The van der Waals surface area contributed by atoms with E-state index in [2.05, 4.69) is 43.9 Å². The zero-order valence-electron chi connectivity index (χ0n) is 16.5. The van der Waals surface area contributed by atoms with Gasteiger partial charge in [-0.05, 0) is 32.7 Å². The Kier molecular flexibility index (Phi) is 5.41. The molecule has 1 saturated heterocycles. The van der Waals surface area contributed by atoms with E-state index in [9.17, 15) is 0 Å². The zero-order chi connectivity index (χ0) is 18.7. The van der Waals surface area contributed by atoms with Gasteiger partial charge in [-0.1, -0.05) is 6.92 Å². The van der Waals surface area contributed by atoms with Crippen LogP contribution >= 0.6 is 0 Å². The summed E-state index contributed by atoms with van der Waals surface area (Å²) in [5, 5.41) is 3.15. The number of hydrogen-bond donors (Lipinski definition) is 2. The second-order valence-electron chi connectivity index (χ2n) is 7.72. The predicted octanol–water partition coefficient (Wildman–Crippen LogP) is 2.39. The Morgan fingerprint density at radius 2 is 1.89 bits per heavy atom. The van der Waals surface area contributed by atoms with Gasteiger partial charge in [-0.2, -0.15) is 0 Å². The molecule has 4 heterocycles. The van der Waals surface area contributed by atoms with Gasteiger partial charge >= 0.3 is 0 Å². The number of H-pyrrole nitrogens is 1. The van der Waals surface area contributed by atoms with Crippen LogP contribution in [0, 0.1) is 0 Å². The van der Waals surface area contributed by atoms with Crippen LogP contribution in [-0.2, 0) is 18.5 Å². The summed E-state index contributed by atoms with van der Waals surface area (Å²) in [4.78, 5) is 22.2. The fraction of sp³-hybridized carbons (Fsp3) is 0.650. The molecule has 2 aliphatic heterocycles. The van der Waals surface area contributed by atoms with Crippen molar-refractivity contribution in [1.82, 2.24) is 29.7 Å². The number of aromatic nitrogens is 4. The Hall–Kier alpha value is -1.99. The standard InChI is InChI=1S/C20H31N7/c1-3-8-27-9-5-17-18(25-15-24-17)20(27)6-10-26(11-7-20)14-16-12-22-19(21-4-2)23-13-16/h12-13,15H,3-11,14H2,1-2H3,(H,24,25)(H,21,22,23). The summed E-state index contributed by atoms with van der Waals surface area (Å²) >= 11 is 0. The van der Waals surface area contributed by atoms with E-state index in [0.29, 0.717) is 5.95 Å². The molecule has 7 heteroatoms. The number of nitrogens with zero attached hydrogens (tertiary/aromatic N) is 5. The number of imidazole rings is 1. The molecule has 0 unspecified atom stereocenters. The number of aromatic amines is 1. The van der Waals surface area contributed by atoms with E-state index in [1.165, 1.54) is 23.4 Å². The van der Waals surface area contributed by atoms with Crippen LogP contribution < -0.4 is 5.32 Å². The number of rotatable bonds is 6. The first-order chi connectivity index (χ1) is 13.2. The highest BCUT2D eigenvalue weighted by Crippen LogP contribution is 2.42. The van der Waals surface area contributed by atoms with Gasteiger partial charge in [0, 0.05) is 62.8 Å². The van der Waals surface area contributed by atoms with Gasteiger partial charge in [0.25, 0.3) is 0 Å². The average molecular weight is 370 g/mol. The SMILES string of the molecule is CCCN1CCc2[nH]cnc2C12CCN(Cc1cnc(NCC)nc1)CC2. The predicted molar refractivity (Wildman–Crippen MR) is 107 cm³/mol. The van der Waals surface area contributed by atoms with Crippen molar-refractivity contribution in [3.63, 3.8) is 0 Å². The molecule has 0 aromatic carbocycles. The molecule has 0 saturated carbocycles. The molecule has 27 heavy (non-hydrogen) atoms. The van der Waals surface area contributed by atoms with Crippen molar-refractivity contribution in [2.75, 3.05) is 38.0 Å². The summed E-state index contributed by atoms with van der Waals surface area (Å²) < 4.78 is 0. The van der Waals surface area contributed by atoms with E-state index in [4.69, 9.17) is 4.98 Å². The maximum atomic E-state index is 4.76. The Labute approximate surface area is 161 Å². The molecule has 0 atom stereocenters. The van der Waals surface area contributed by atoms with Gasteiger partial charge in [-0.3, -0.25) is 9.80 Å². The smallest absolute Gasteiger partial charge is 0.222 e. The van der Waals surface area contributed by atoms with E-state index in [1.54, 1.807) is 0 Å². The van der Waals surface area contributed by atoms with Crippen molar-refractivity contribution in [2.24, 2.45) is 0 Å². The van der Waals surface area contributed by atoms with Crippen molar-refractivity contribution < 1.29 is 0 Å². The molecule has 0 amide bonds. The summed E-state index contributed by atoms with van der Waals surface area (Å²) in [6.45, 7) is 10.6. The van der Waals surface area contributed by atoms with E-state index in [0.717, 1.165) is 58.5 Å². The fourth-order valence-corrected chi connectivity index (χ4v) is 4.70. The Morgan fingerprint density at radius 1 is 1.11 bits per heavy atom. The van der Waals surface area contributed by atoms with Crippen molar-refractivity contribution in [3.8, 4) is 0 Å². The van der Waals surface area contributed by atoms with Gasteiger partial charge in [-0.15, -0.1) is 0 Å². The third-order valence-corrected chi connectivity index (χ3v) is 6.02. The number of anilines is 1. The minimum absolute atomic E-state index is 0.117.